The average molecular weight is 383 g/mol. The molecule has 0 spiro atoms. The van der Waals surface area contributed by atoms with Crippen molar-refractivity contribution in [1.82, 2.24) is 9.29 Å². The minimum atomic E-state index is -3.35. The molecule has 3 rings (SSSR count). The zero-order valence-electron chi connectivity index (χ0n) is 15.9. The number of sulfonamides is 1. The van der Waals surface area contributed by atoms with Gasteiger partial charge in [0.1, 0.15) is 0 Å². The molecular weight excluding hydrogens is 352 g/mol. The Morgan fingerprint density at radius 1 is 1.19 bits per heavy atom. The lowest BCUT2D eigenvalue weighted by atomic mass is 9.89. The molecule has 1 aromatic heterocycles. The highest BCUT2D eigenvalue weighted by Crippen LogP contribution is 2.29. The number of nitrogens with zero attached hydrogens (tertiary/aromatic N) is 1. The lowest BCUT2D eigenvalue weighted by molar-refractivity contribution is -0.00537. The van der Waals surface area contributed by atoms with Crippen LogP contribution in [-0.2, 0) is 21.2 Å². The molecule has 2 aliphatic rings. The quantitative estimate of drug-likeness (QED) is 0.847. The fourth-order valence-corrected chi connectivity index (χ4v) is 5.00. The van der Waals surface area contributed by atoms with Crippen molar-refractivity contribution in [3.05, 3.63) is 33.7 Å². The monoisotopic (exact) mass is 382 g/mol. The van der Waals surface area contributed by atoms with Gasteiger partial charge in [-0.15, -0.1) is 0 Å². The predicted molar refractivity (Wildman–Crippen MR) is 102 cm³/mol. The summed E-state index contributed by atoms with van der Waals surface area (Å²) in [6, 6.07) is 3.20. The molecule has 6 nitrogen and oxygen atoms in total. The number of fused-ring (bicyclic) bond motifs is 1. The van der Waals surface area contributed by atoms with E-state index in [2.05, 4.69) is 11.6 Å². The molecule has 1 N–H and O–H groups in total. The van der Waals surface area contributed by atoms with Crippen LogP contribution in [0.25, 0.3) is 0 Å². The molecule has 2 heterocycles. The van der Waals surface area contributed by atoms with Crippen LogP contribution in [0.4, 0.5) is 0 Å². The molecule has 1 aliphatic heterocycles. The van der Waals surface area contributed by atoms with E-state index < -0.39 is 10.0 Å². The number of ether oxygens (including phenoxy) is 1. The van der Waals surface area contributed by atoms with Gasteiger partial charge in [0, 0.05) is 17.3 Å². The third-order valence-corrected chi connectivity index (χ3v) is 6.46. The van der Waals surface area contributed by atoms with Crippen molar-refractivity contribution in [2.45, 2.75) is 70.6 Å². The standard InChI is InChI=1S/C19H30N2O4S/c1-13-4-9-16(10-5-13)25-12-18-17(20-26(3,23)24)11-8-15-7-6-14(2)19(22)21(15)18/h6-7,13,16-18,20H,4-5,8-12H2,1-3H3. The first kappa shape index (κ1) is 19.6. The maximum Gasteiger partial charge on any atom is 0.254 e. The van der Waals surface area contributed by atoms with E-state index in [0.717, 1.165) is 37.3 Å². The Morgan fingerprint density at radius 3 is 2.54 bits per heavy atom. The Hall–Kier alpha value is -1.18. The van der Waals surface area contributed by atoms with Crippen molar-refractivity contribution >= 4 is 10.0 Å². The third-order valence-electron chi connectivity index (χ3n) is 5.73. The second-order valence-electron chi connectivity index (χ2n) is 8.00. The molecule has 0 amide bonds. The Bertz CT molecular complexity index is 794. The SMILES string of the molecule is Cc1ccc2n(c1=O)C(COC1CCC(C)CC1)C(NS(C)(=O)=O)CC2. The number of hydrogen-bond donors (Lipinski definition) is 1. The number of nitrogens with one attached hydrogen (secondary N) is 1. The molecule has 1 saturated carbocycles. The summed E-state index contributed by atoms with van der Waals surface area (Å²) in [7, 11) is -3.35. The fourth-order valence-electron chi connectivity index (χ4n) is 4.17. The van der Waals surface area contributed by atoms with E-state index in [1.54, 1.807) is 11.5 Å². The first-order chi connectivity index (χ1) is 12.2. The maximum atomic E-state index is 12.8. The third kappa shape index (κ3) is 4.56. The van der Waals surface area contributed by atoms with Crippen LogP contribution in [0, 0.1) is 12.8 Å². The normalized spacial score (nSPS) is 29.3. The molecule has 2 atom stereocenters. The first-order valence-electron chi connectivity index (χ1n) is 9.54. The van der Waals surface area contributed by atoms with Crippen LogP contribution >= 0.6 is 0 Å². The van der Waals surface area contributed by atoms with E-state index in [-0.39, 0.29) is 23.7 Å². The van der Waals surface area contributed by atoms with Crippen LogP contribution in [0.15, 0.2) is 16.9 Å². The molecule has 146 valence electrons. The second kappa shape index (κ2) is 7.82. The minimum Gasteiger partial charge on any atom is -0.376 e. The summed E-state index contributed by atoms with van der Waals surface area (Å²) in [6.45, 7) is 4.42. The van der Waals surface area contributed by atoms with Crippen molar-refractivity contribution < 1.29 is 13.2 Å². The van der Waals surface area contributed by atoms with Gasteiger partial charge in [0.2, 0.25) is 10.0 Å². The van der Waals surface area contributed by atoms with Crippen LogP contribution < -0.4 is 10.3 Å². The first-order valence-corrected chi connectivity index (χ1v) is 11.4. The molecule has 7 heteroatoms. The molecule has 0 radical (unpaired) electrons. The van der Waals surface area contributed by atoms with E-state index in [0.29, 0.717) is 25.0 Å². The molecule has 0 saturated heterocycles. The van der Waals surface area contributed by atoms with Gasteiger partial charge in [-0.2, -0.15) is 0 Å². The smallest absolute Gasteiger partial charge is 0.254 e. The van der Waals surface area contributed by atoms with E-state index in [4.69, 9.17) is 4.74 Å². The minimum absolute atomic E-state index is 0.0478. The van der Waals surface area contributed by atoms with Gasteiger partial charge < -0.3 is 9.30 Å². The largest absolute Gasteiger partial charge is 0.376 e. The molecule has 1 aromatic rings. The summed E-state index contributed by atoms with van der Waals surface area (Å²) in [6.07, 6.45) is 7.12. The van der Waals surface area contributed by atoms with E-state index in [9.17, 15) is 13.2 Å². The van der Waals surface area contributed by atoms with Crippen molar-refractivity contribution in [1.29, 1.82) is 0 Å². The number of rotatable bonds is 5. The maximum absolute atomic E-state index is 12.8. The van der Waals surface area contributed by atoms with Crippen LogP contribution in [0.3, 0.4) is 0 Å². The average Bonchev–Trinajstić information content (AvgIpc) is 2.57. The molecular formula is C19H30N2O4S. The fraction of sp³-hybridized carbons (Fsp3) is 0.737. The van der Waals surface area contributed by atoms with Gasteiger partial charge in [0.15, 0.2) is 0 Å². The van der Waals surface area contributed by atoms with Gasteiger partial charge in [0.05, 0.1) is 25.0 Å². The molecule has 1 fully saturated rings. The Morgan fingerprint density at radius 2 is 1.88 bits per heavy atom. The van der Waals surface area contributed by atoms with Crippen LogP contribution in [0.5, 0.6) is 0 Å². The molecule has 1 aliphatic carbocycles. The van der Waals surface area contributed by atoms with Gasteiger partial charge >= 0.3 is 0 Å². The highest BCUT2D eigenvalue weighted by atomic mass is 32.2. The van der Waals surface area contributed by atoms with E-state index in [1.165, 1.54) is 6.26 Å². The van der Waals surface area contributed by atoms with Gasteiger partial charge in [-0.3, -0.25) is 4.79 Å². The Labute approximate surface area is 156 Å². The number of aromatic nitrogens is 1. The summed E-state index contributed by atoms with van der Waals surface area (Å²) >= 11 is 0. The summed E-state index contributed by atoms with van der Waals surface area (Å²) in [4.78, 5) is 12.8. The summed E-state index contributed by atoms with van der Waals surface area (Å²) in [5.74, 6) is 0.746. The van der Waals surface area contributed by atoms with E-state index in [1.807, 2.05) is 12.1 Å². The topological polar surface area (TPSA) is 77.4 Å². The molecule has 0 aromatic carbocycles. The summed E-state index contributed by atoms with van der Waals surface area (Å²) in [5.41, 5.74) is 1.58. The molecule has 0 bridgehead atoms. The number of hydrogen-bond acceptors (Lipinski definition) is 4. The molecule has 26 heavy (non-hydrogen) atoms. The lowest BCUT2D eigenvalue weighted by Gasteiger charge is -2.36. The predicted octanol–water partition coefficient (Wildman–Crippen LogP) is 2.16. The van der Waals surface area contributed by atoms with Gasteiger partial charge in [-0.1, -0.05) is 13.0 Å². The van der Waals surface area contributed by atoms with Gasteiger partial charge in [-0.25, -0.2) is 13.1 Å². The van der Waals surface area contributed by atoms with Crippen molar-refractivity contribution in [3.8, 4) is 0 Å². The Kier molecular flexibility index (Phi) is 5.89. The molecule has 2 unspecified atom stereocenters. The van der Waals surface area contributed by atoms with Gasteiger partial charge in [-0.05, 0) is 57.4 Å². The van der Waals surface area contributed by atoms with Crippen molar-refractivity contribution in [2.75, 3.05) is 12.9 Å². The van der Waals surface area contributed by atoms with Crippen molar-refractivity contribution in [3.63, 3.8) is 0 Å². The van der Waals surface area contributed by atoms with E-state index >= 15 is 0 Å². The number of aryl methyl sites for hydroxylation is 2. The lowest BCUT2D eigenvalue weighted by Crippen LogP contribution is -2.49. The second-order valence-corrected chi connectivity index (χ2v) is 9.78. The van der Waals surface area contributed by atoms with Crippen LogP contribution in [-0.4, -0.2) is 38.0 Å². The highest BCUT2D eigenvalue weighted by Gasteiger charge is 2.33. The highest BCUT2D eigenvalue weighted by molar-refractivity contribution is 7.88. The van der Waals surface area contributed by atoms with Gasteiger partial charge in [0.25, 0.3) is 5.56 Å². The van der Waals surface area contributed by atoms with Crippen molar-refractivity contribution in [2.24, 2.45) is 5.92 Å². The summed E-state index contributed by atoms with van der Waals surface area (Å²) in [5, 5.41) is 0. The zero-order valence-corrected chi connectivity index (χ0v) is 16.7. The summed E-state index contributed by atoms with van der Waals surface area (Å²) < 4.78 is 34.3. The van der Waals surface area contributed by atoms with Crippen LogP contribution in [0.1, 0.15) is 56.3 Å². The van der Waals surface area contributed by atoms with Crippen LogP contribution in [0.2, 0.25) is 0 Å². The number of pyridine rings is 1. The Balaban J connectivity index is 1.83. The zero-order chi connectivity index (χ0) is 18.9.